The van der Waals surface area contributed by atoms with Crippen LogP contribution >= 0.6 is 0 Å². The average molecular weight is 369 g/mol. The van der Waals surface area contributed by atoms with Gasteiger partial charge in [0.1, 0.15) is 0 Å². The standard InChI is InChI=1S/C23H32N2O2/c1-3-13-24(14-4-1)15-5-2-6-21-7-9-22(10-8-21)20-25-16-11-23(12-17-25)26-18-19-27-23/h7-10H,1,3-5,11-20H2. The molecule has 3 aliphatic rings. The lowest BCUT2D eigenvalue weighted by molar-refractivity contribution is -0.185. The van der Waals surface area contributed by atoms with Crippen molar-refractivity contribution in [1.82, 2.24) is 9.80 Å². The van der Waals surface area contributed by atoms with E-state index in [1.807, 2.05) is 0 Å². The summed E-state index contributed by atoms with van der Waals surface area (Å²) in [5.74, 6) is 6.40. The van der Waals surface area contributed by atoms with Crippen molar-refractivity contribution in [2.45, 2.75) is 50.9 Å². The zero-order valence-electron chi connectivity index (χ0n) is 16.4. The molecule has 4 nitrogen and oxygen atoms in total. The van der Waals surface area contributed by atoms with E-state index >= 15 is 0 Å². The number of benzene rings is 1. The topological polar surface area (TPSA) is 24.9 Å². The van der Waals surface area contributed by atoms with Gasteiger partial charge in [0.05, 0.1) is 13.2 Å². The molecule has 1 aromatic carbocycles. The molecule has 0 aliphatic carbocycles. The fourth-order valence-corrected chi connectivity index (χ4v) is 4.35. The van der Waals surface area contributed by atoms with E-state index < -0.39 is 0 Å². The van der Waals surface area contributed by atoms with Gasteiger partial charge in [-0.2, -0.15) is 0 Å². The highest BCUT2D eigenvalue weighted by Gasteiger charge is 2.39. The van der Waals surface area contributed by atoms with E-state index in [2.05, 4.69) is 45.9 Å². The van der Waals surface area contributed by atoms with E-state index in [0.29, 0.717) is 0 Å². The number of ether oxygens (including phenoxy) is 2. The van der Waals surface area contributed by atoms with E-state index in [-0.39, 0.29) is 5.79 Å². The Morgan fingerprint density at radius 2 is 1.56 bits per heavy atom. The van der Waals surface area contributed by atoms with Crippen molar-refractivity contribution in [1.29, 1.82) is 0 Å². The smallest absolute Gasteiger partial charge is 0.170 e. The van der Waals surface area contributed by atoms with Gasteiger partial charge in [0.25, 0.3) is 0 Å². The molecule has 0 aromatic heterocycles. The summed E-state index contributed by atoms with van der Waals surface area (Å²) >= 11 is 0. The summed E-state index contributed by atoms with van der Waals surface area (Å²) in [6.45, 7) is 8.21. The minimum Gasteiger partial charge on any atom is -0.347 e. The van der Waals surface area contributed by atoms with Crippen LogP contribution in [0, 0.1) is 11.8 Å². The van der Waals surface area contributed by atoms with Crippen LogP contribution in [-0.4, -0.2) is 61.5 Å². The quantitative estimate of drug-likeness (QED) is 0.762. The van der Waals surface area contributed by atoms with E-state index in [1.165, 1.54) is 37.9 Å². The number of likely N-dealkylation sites (tertiary alicyclic amines) is 2. The van der Waals surface area contributed by atoms with Gasteiger partial charge in [-0.3, -0.25) is 4.90 Å². The van der Waals surface area contributed by atoms with Gasteiger partial charge < -0.3 is 14.4 Å². The summed E-state index contributed by atoms with van der Waals surface area (Å²) in [6.07, 6.45) is 7.04. The highest BCUT2D eigenvalue weighted by molar-refractivity contribution is 5.36. The molecule has 0 atom stereocenters. The zero-order chi connectivity index (χ0) is 18.4. The van der Waals surface area contributed by atoms with Crippen molar-refractivity contribution < 1.29 is 9.47 Å². The highest BCUT2D eigenvalue weighted by atomic mass is 16.7. The molecule has 3 heterocycles. The largest absolute Gasteiger partial charge is 0.347 e. The molecule has 3 saturated heterocycles. The molecule has 0 bridgehead atoms. The normalized spacial score (nSPS) is 23.3. The van der Waals surface area contributed by atoms with Crippen molar-refractivity contribution in [2.75, 3.05) is 45.9 Å². The predicted octanol–water partition coefficient (Wildman–Crippen LogP) is 3.25. The second-order valence-corrected chi connectivity index (χ2v) is 8.03. The van der Waals surface area contributed by atoms with Crippen LogP contribution in [0.25, 0.3) is 0 Å². The summed E-state index contributed by atoms with van der Waals surface area (Å²) in [5.41, 5.74) is 2.49. The number of hydrogen-bond acceptors (Lipinski definition) is 4. The third-order valence-electron chi connectivity index (χ3n) is 6.03. The van der Waals surface area contributed by atoms with Crippen LogP contribution in [0.1, 0.15) is 49.7 Å². The van der Waals surface area contributed by atoms with Gasteiger partial charge in [0, 0.05) is 51.0 Å². The first-order chi connectivity index (χ1) is 13.3. The molecular formula is C23H32N2O2. The molecule has 3 aliphatic heterocycles. The van der Waals surface area contributed by atoms with E-state index in [9.17, 15) is 0 Å². The Labute approximate surface area is 163 Å². The predicted molar refractivity (Wildman–Crippen MR) is 107 cm³/mol. The molecule has 0 saturated carbocycles. The lowest BCUT2D eigenvalue weighted by atomic mass is 10.0. The molecular weight excluding hydrogens is 336 g/mol. The number of hydrogen-bond donors (Lipinski definition) is 0. The monoisotopic (exact) mass is 368 g/mol. The Hall–Kier alpha value is -1.38. The first-order valence-corrected chi connectivity index (χ1v) is 10.6. The summed E-state index contributed by atoms with van der Waals surface area (Å²) in [5, 5.41) is 0. The third kappa shape index (κ3) is 5.33. The van der Waals surface area contributed by atoms with Crippen molar-refractivity contribution in [3.63, 3.8) is 0 Å². The Kier molecular flexibility index (Phi) is 6.47. The maximum absolute atomic E-state index is 5.81. The Morgan fingerprint density at radius 3 is 2.26 bits per heavy atom. The second kappa shape index (κ2) is 9.21. The third-order valence-corrected chi connectivity index (χ3v) is 6.03. The highest BCUT2D eigenvalue weighted by Crippen LogP contribution is 2.31. The molecule has 4 rings (SSSR count). The molecule has 4 heteroatoms. The maximum atomic E-state index is 5.81. The minimum atomic E-state index is -0.274. The zero-order valence-corrected chi connectivity index (χ0v) is 16.4. The van der Waals surface area contributed by atoms with Gasteiger partial charge in [-0.05, 0) is 43.6 Å². The SMILES string of the molecule is C(#Cc1ccc(CN2CCC3(CC2)OCCO3)cc1)CCN1CCCCC1. The van der Waals surface area contributed by atoms with E-state index in [1.54, 1.807) is 0 Å². The number of piperidine rings is 2. The molecule has 0 unspecified atom stereocenters. The number of nitrogens with zero attached hydrogens (tertiary/aromatic N) is 2. The van der Waals surface area contributed by atoms with Crippen molar-refractivity contribution >= 4 is 0 Å². The molecule has 3 fully saturated rings. The van der Waals surface area contributed by atoms with Crippen LogP contribution in [0.3, 0.4) is 0 Å². The second-order valence-electron chi connectivity index (χ2n) is 8.03. The van der Waals surface area contributed by atoms with Crippen LogP contribution in [0.4, 0.5) is 0 Å². The fraction of sp³-hybridized carbons (Fsp3) is 0.652. The summed E-state index contributed by atoms with van der Waals surface area (Å²) < 4.78 is 11.6. The summed E-state index contributed by atoms with van der Waals surface area (Å²) in [6, 6.07) is 8.78. The summed E-state index contributed by atoms with van der Waals surface area (Å²) in [7, 11) is 0. The molecule has 146 valence electrons. The Morgan fingerprint density at radius 1 is 0.852 bits per heavy atom. The van der Waals surface area contributed by atoms with Crippen molar-refractivity contribution in [3.05, 3.63) is 35.4 Å². The molecule has 1 aromatic rings. The maximum Gasteiger partial charge on any atom is 0.170 e. The van der Waals surface area contributed by atoms with Crippen LogP contribution in [0.2, 0.25) is 0 Å². The minimum absolute atomic E-state index is 0.274. The van der Waals surface area contributed by atoms with Gasteiger partial charge >= 0.3 is 0 Å². The van der Waals surface area contributed by atoms with Crippen molar-refractivity contribution in [2.24, 2.45) is 0 Å². The van der Waals surface area contributed by atoms with E-state index in [0.717, 1.165) is 64.2 Å². The Bertz CT molecular complexity index is 639. The lowest BCUT2D eigenvalue weighted by Crippen LogP contribution is -2.44. The van der Waals surface area contributed by atoms with E-state index in [4.69, 9.17) is 9.47 Å². The van der Waals surface area contributed by atoms with Gasteiger partial charge in [-0.1, -0.05) is 30.4 Å². The van der Waals surface area contributed by atoms with Crippen molar-refractivity contribution in [3.8, 4) is 11.8 Å². The van der Waals surface area contributed by atoms with Gasteiger partial charge in [-0.25, -0.2) is 0 Å². The number of rotatable bonds is 4. The van der Waals surface area contributed by atoms with Crippen LogP contribution in [0.5, 0.6) is 0 Å². The lowest BCUT2D eigenvalue weighted by Gasteiger charge is -2.37. The summed E-state index contributed by atoms with van der Waals surface area (Å²) in [4.78, 5) is 5.04. The van der Waals surface area contributed by atoms with Crippen LogP contribution in [0.15, 0.2) is 24.3 Å². The molecule has 0 N–H and O–H groups in total. The molecule has 1 spiro atoms. The average Bonchev–Trinajstić information content (AvgIpc) is 3.17. The van der Waals surface area contributed by atoms with Crippen LogP contribution in [-0.2, 0) is 16.0 Å². The fourth-order valence-electron chi connectivity index (χ4n) is 4.35. The first-order valence-electron chi connectivity index (χ1n) is 10.6. The molecule has 0 amide bonds. The molecule has 0 radical (unpaired) electrons. The van der Waals surface area contributed by atoms with Crippen LogP contribution < -0.4 is 0 Å². The first kappa shape index (κ1) is 19.0. The van der Waals surface area contributed by atoms with Gasteiger partial charge in [0.2, 0.25) is 0 Å². The Balaban J connectivity index is 1.20. The van der Waals surface area contributed by atoms with Gasteiger partial charge in [0.15, 0.2) is 5.79 Å². The van der Waals surface area contributed by atoms with Gasteiger partial charge in [-0.15, -0.1) is 0 Å². The molecule has 27 heavy (non-hydrogen) atoms.